The Morgan fingerprint density at radius 1 is 1.12 bits per heavy atom. The summed E-state index contributed by atoms with van der Waals surface area (Å²) < 4.78 is 10.9. The molecule has 0 saturated carbocycles. The highest BCUT2D eigenvalue weighted by molar-refractivity contribution is 6.36. The van der Waals surface area contributed by atoms with E-state index < -0.39 is 0 Å². The van der Waals surface area contributed by atoms with Crippen LogP contribution < -0.4 is 14.5 Å². The monoisotopic (exact) mass is 452 g/mol. The largest absolute Gasteiger partial charge is 0.467 e. The normalized spacial score (nSPS) is 18.8. The Balaban J connectivity index is 1.52. The van der Waals surface area contributed by atoms with E-state index >= 15 is 0 Å². The molecule has 7 nitrogen and oxygen atoms in total. The number of ether oxygens (including phenoxy) is 2. The summed E-state index contributed by atoms with van der Waals surface area (Å²) in [6, 6.07) is 12.5. The van der Waals surface area contributed by atoms with Gasteiger partial charge in [0, 0.05) is 29.7 Å². The second kappa shape index (κ2) is 8.47. The van der Waals surface area contributed by atoms with Crippen LogP contribution in [0.2, 0.25) is 5.02 Å². The number of hydrogen-bond donors (Lipinski definition) is 0. The van der Waals surface area contributed by atoms with Crippen molar-refractivity contribution < 1.29 is 14.3 Å². The third-order valence-corrected chi connectivity index (χ3v) is 6.59. The molecule has 2 aliphatic heterocycles. The Bertz CT molecular complexity index is 1180. The molecule has 2 aliphatic rings. The van der Waals surface area contributed by atoms with Gasteiger partial charge in [-0.1, -0.05) is 42.8 Å². The zero-order valence-corrected chi connectivity index (χ0v) is 18.9. The molecule has 3 heterocycles. The lowest BCUT2D eigenvalue weighted by molar-refractivity contribution is -0.146. The highest BCUT2D eigenvalue weighted by atomic mass is 35.5. The number of aromatic nitrogens is 2. The van der Waals surface area contributed by atoms with Crippen LogP contribution in [0.5, 0.6) is 6.01 Å². The van der Waals surface area contributed by atoms with Crippen LogP contribution in [0.4, 0.5) is 11.5 Å². The molecule has 0 N–H and O–H groups in total. The minimum atomic E-state index is -0.165. The molecule has 3 aromatic rings. The fourth-order valence-electron chi connectivity index (χ4n) is 4.47. The maximum absolute atomic E-state index is 12.0. The van der Waals surface area contributed by atoms with Crippen molar-refractivity contribution in [2.24, 2.45) is 5.92 Å². The second-order valence-corrected chi connectivity index (χ2v) is 8.70. The molecular weight excluding hydrogens is 428 g/mol. The van der Waals surface area contributed by atoms with E-state index in [-0.39, 0.29) is 18.6 Å². The third-order valence-electron chi connectivity index (χ3n) is 6.27. The van der Waals surface area contributed by atoms with Gasteiger partial charge < -0.3 is 19.3 Å². The molecular formula is C24H25ClN4O3. The van der Waals surface area contributed by atoms with Crippen molar-refractivity contribution in [2.45, 2.75) is 26.3 Å². The summed E-state index contributed by atoms with van der Waals surface area (Å²) in [5.41, 5.74) is 3.10. The lowest BCUT2D eigenvalue weighted by Crippen LogP contribution is -2.35. The van der Waals surface area contributed by atoms with Crippen molar-refractivity contribution >= 4 is 39.8 Å². The van der Waals surface area contributed by atoms with Crippen molar-refractivity contribution in [3.63, 3.8) is 0 Å². The van der Waals surface area contributed by atoms with Crippen molar-refractivity contribution in [3.05, 3.63) is 52.7 Å². The fourth-order valence-corrected chi connectivity index (χ4v) is 4.75. The number of hydrogen-bond acceptors (Lipinski definition) is 7. The van der Waals surface area contributed by atoms with Crippen molar-refractivity contribution in [1.82, 2.24) is 9.97 Å². The van der Waals surface area contributed by atoms with Gasteiger partial charge in [0.1, 0.15) is 5.82 Å². The van der Waals surface area contributed by atoms with E-state index in [9.17, 15) is 4.79 Å². The van der Waals surface area contributed by atoms with E-state index in [0.29, 0.717) is 19.1 Å². The Labute approximate surface area is 191 Å². The number of nitrogens with zero attached hydrogens (tertiary/aromatic N) is 4. The lowest BCUT2D eigenvalue weighted by Gasteiger charge is -2.33. The lowest BCUT2D eigenvalue weighted by atomic mass is 10.0. The van der Waals surface area contributed by atoms with E-state index in [1.807, 2.05) is 24.0 Å². The minimum absolute atomic E-state index is 0.119. The van der Waals surface area contributed by atoms with Crippen LogP contribution in [-0.4, -0.2) is 42.9 Å². The Morgan fingerprint density at radius 2 is 1.94 bits per heavy atom. The van der Waals surface area contributed by atoms with Gasteiger partial charge in [0.25, 0.3) is 0 Å². The van der Waals surface area contributed by atoms with Gasteiger partial charge in [-0.05, 0) is 30.4 Å². The number of carbonyl (C=O) groups is 1. The predicted octanol–water partition coefficient (Wildman–Crippen LogP) is 4.20. The van der Waals surface area contributed by atoms with Crippen LogP contribution in [0.1, 0.15) is 24.6 Å². The van der Waals surface area contributed by atoms with Crippen molar-refractivity contribution in [2.75, 3.05) is 36.7 Å². The Kier molecular flexibility index (Phi) is 5.51. The van der Waals surface area contributed by atoms with Gasteiger partial charge in [-0.2, -0.15) is 9.97 Å². The number of methoxy groups -OCH3 is 1. The van der Waals surface area contributed by atoms with Crippen molar-refractivity contribution in [1.29, 1.82) is 0 Å². The van der Waals surface area contributed by atoms with Gasteiger partial charge >= 0.3 is 12.0 Å². The van der Waals surface area contributed by atoms with Crippen molar-refractivity contribution in [3.8, 4) is 6.01 Å². The third kappa shape index (κ3) is 3.71. The molecule has 0 spiro atoms. The summed E-state index contributed by atoms with van der Waals surface area (Å²) >= 11 is 6.57. The first-order valence-corrected chi connectivity index (χ1v) is 11.2. The average Bonchev–Trinajstić information content (AvgIpc) is 2.98. The second-order valence-electron chi connectivity index (χ2n) is 8.29. The highest BCUT2D eigenvalue weighted by Gasteiger charge is 2.29. The van der Waals surface area contributed by atoms with Gasteiger partial charge in [0.2, 0.25) is 0 Å². The Hall–Kier alpha value is -3.06. The summed E-state index contributed by atoms with van der Waals surface area (Å²) in [5, 5.41) is 2.90. The molecule has 1 atom stereocenters. The van der Waals surface area contributed by atoms with Crippen LogP contribution in [0.3, 0.4) is 0 Å². The number of rotatable bonds is 3. The highest BCUT2D eigenvalue weighted by Crippen LogP contribution is 2.37. The number of esters is 1. The van der Waals surface area contributed by atoms with E-state index in [1.165, 1.54) is 0 Å². The Morgan fingerprint density at radius 3 is 2.75 bits per heavy atom. The number of cyclic esters (lactones) is 1. The molecule has 2 aromatic carbocycles. The van der Waals surface area contributed by atoms with E-state index in [1.54, 1.807) is 7.11 Å². The van der Waals surface area contributed by atoms with Gasteiger partial charge in [-0.15, -0.1) is 0 Å². The van der Waals surface area contributed by atoms with Gasteiger partial charge in [0.15, 0.2) is 6.73 Å². The van der Waals surface area contributed by atoms with E-state index in [4.69, 9.17) is 21.1 Å². The maximum atomic E-state index is 12.0. The molecule has 8 heteroatoms. The average molecular weight is 453 g/mol. The smallest absolute Gasteiger partial charge is 0.318 e. The molecule has 0 amide bonds. The zero-order valence-electron chi connectivity index (χ0n) is 18.2. The molecule has 0 aliphatic carbocycles. The standard InChI is InChI=1S/C24H25ClN4O3/c1-15-9-11-29(14-32-23(15)30)22-17-10-12-28(13-19(17)26-24(27-22)31-2)20-8-4-6-16-5-3-7-18(25)21(16)20/h3-8,15H,9-14H2,1-2H3/t15-/m0/s1. The van der Waals surface area contributed by atoms with Gasteiger partial charge in [0.05, 0.1) is 30.3 Å². The maximum Gasteiger partial charge on any atom is 0.318 e. The number of benzene rings is 2. The first kappa shape index (κ1) is 20.8. The molecule has 0 bridgehead atoms. The number of anilines is 2. The first-order valence-electron chi connectivity index (χ1n) is 10.8. The summed E-state index contributed by atoms with van der Waals surface area (Å²) in [5.74, 6) is 0.511. The minimum Gasteiger partial charge on any atom is -0.467 e. The van der Waals surface area contributed by atoms with Gasteiger partial charge in [-0.3, -0.25) is 4.79 Å². The van der Waals surface area contributed by atoms with Crippen LogP contribution in [-0.2, 0) is 22.5 Å². The predicted molar refractivity (Wildman–Crippen MR) is 124 cm³/mol. The fraction of sp³-hybridized carbons (Fsp3) is 0.375. The number of fused-ring (bicyclic) bond motifs is 2. The van der Waals surface area contributed by atoms with Crippen LogP contribution in [0.25, 0.3) is 10.8 Å². The number of carbonyl (C=O) groups excluding carboxylic acids is 1. The summed E-state index contributed by atoms with van der Waals surface area (Å²) in [6.45, 7) is 4.22. The molecule has 1 saturated heterocycles. The van der Waals surface area contributed by atoms with Gasteiger partial charge in [-0.25, -0.2) is 0 Å². The SMILES string of the molecule is COc1nc2c(c(N3CC[C@H](C)C(=O)OC3)n1)CCN(c1cccc3cccc(Cl)c13)C2. The molecule has 0 radical (unpaired) electrons. The van der Waals surface area contributed by atoms with Crippen LogP contribution >= 0.6 is 11.6 Å². The first-order chi connectivity index (χ1) is 15.5. The van der Waals surface area contributed by atoms with E-state index in [0.717, 1.165) is 57.9 Å². The van der Waals surface area contributed by atoms with Crippen LogP contribution in [0.15, 0.2) is 36.4 Å². The molecule has 0 unspecified atom stereocenters. The topological polar surface area (TPSA) is 67.8 Å². The quantitative estimate of drug-likeness (QED) is 0.551. The van der Waals surface area contributed by atoms with Crippen LogP contribution in [0, 0.1) is 5.92 Å². The molecule has 1 aromatic heterocycles. The zero-order chi connectivity index (χ0) is 22.2. The summed E-state index contributed by atoms with van der Waals surface area (Å²) in [4.78, 5) is 25.7. The summed E-state index contributed by atoms with van der Waals surface area (Å²) in [7, 11) is 1.57. The molecule has 32 heavy (non-hydrogen) atoms. The molecule has 5 rings (SSSR count). The number of halogens is 1. The summed E-state index contributed by atoms with van der Waals surface area (Å²) in [6.07, 6.45) is 1.50. The molecule has 166 valence electrons. The molecule has 1 fully saturated rings. The van der Waals surface area contributed by atoms with E-state index in [2.05, 4.69) is 39.1 Å².